The van der Waals surface area contributed by atoms with Gasteiger partial charge in [-0.25, -0.2) is 0 Å². The van der Waals surface area contributed by atoms with E-state index in [1.165, 1.54) is 0 Å². The molecule has 33 heavy (non-hydrogen) atoms. The number of carbonyl (C=O) groups is 2. The maximum absolute atomic E-state index is 13.0. The molecule has 170 valence electrons. The summed E-state index contributed by atoms with van der Waals surface area (Å²) in [5.41, 5.74) is 3.23. The van der Waals surface area contributed by atoms with Gasteiger partial charge in [0.1, 0.15) is 18.1 Å². The first kappa shape index (κ1) is 22.2. The van der Waals surface area contributed by atoms with Gasteiger partial charge in [0.2, 0.25) is 0 Å². The molecule has 2 aromatic rings. The first-order chi connectivity index (χ1) is 16.1. The molecule has 2 aliphatic carbocycles. The Hall–Kier alpha value is -2.61. The molecule has 2 aromatic carbocycles. The normalized spacial score (nSPS) is 18.6. The number of hydrogen-bond donors (Lipinski definition) is 0. The van der Waals surface area contributed by atoms with Crippen LogP contribution in [0.2, 0.25) is 0 Å². The number of Topliss-reactive ketones (excluding diaryl/α,β-unsaturated/α-hetero) is 2. The fraction of sp³-hybridized carbons (Fsp3) is 0.333. The average molecular weight is 556 g/mol. The summed E-state index contributed by atoms with van der Waals surface area (Å²) in [5.74, 6) is 2.47. The number of methoxy groups -OCH3 is 1. The van der Waals surface area contributed by atoms with Crippen LogP contribution in [0.1, 0.15) is 55.6 Å². The van der Waals surface area contributed by atoms with Gasteiger partial charge in [0.15, 0.2) is 23.1 Å². The van der Waals surface area contributed by atoms with Gasteiger partial charge in [-0.15, -0.1) is 0 Å². The second kappa shape index (κ2) is 9.33. The van der Waals surface area contributed by atoms with Gasteiger partial charge in [-0.05, 0) is 58.7 Å². The molecule has 0 bridgehead atoms. The Kier molecular flexibility index (Phi) is 6.27. The molecule has 5 rings (SSSR count). The van der Waals surface area contributed by atoms with Crippen LogP contribution < -0.4 is 9.47 Å². The van der Waals surface area contributed by atoms with Crippen molar-refractivity contribution >= 4 is 34.2 Å². The Morgan fingerprint density at radius 3 is 2.18 bits per heavy atom. The summed E-state index contributed by atoms with van der Waals surface area (Å²) in [7, 11) is 1.61. The maximum Gasteiger partial charge on any atom is 0.174 e. The highest BCUT2D eigenvalue weighted by atomic mass is 127. The molecule has 0 saturated heterocycles. The molecule has 1 aliphatic heterocycles. The summed E-state index contributed by atoms with van der Waals surface area (Å²) in [6, 6.07) is 13.9. The number of ketones is 2. The van der Waals surface area contributed by atoms with Crippen LogP contribution in [0.3, 0.4) is 0 Å². The molecule has 0 atom stereocenters. The van der Waals surface area contributed by atoms with Crippen molar-refractivity contribution in [2.45, 2.75) is 51.0 Å². The van der Waals surface area contributed by atoms with Gasteiger partial charge in [0.05, 0.1) is 10.7 Å². The minimum Gasteiger partial charge on any atom is -0.493 e. The number of carbonyl (C=O) groups excluding carboxylic acids is 2. The molecule has 0 fully saturated rings. The van der Waals surface area contributed by atoms with Crippen molar-refractivity contribution in [2.24, 2.45) is 0 Å². The zero-order valence-corrected chi connectivity index (χ0v) is 20.6. The van der Waals surface area contributed by atoms with Crippen LogP contribution in [-0.2, 0) is 20.9 Å². The van der Waals surface area contributed by atoms with Gasteiger partial charge in [0, 0.05) is 42.7 Å². The zero-order valence-electron chi connectivity index (χ0n) is 18.5. The molecule has 0 unspecified atom stereocenters. The lowest BCUT2D eigenvalue weighted by atomic mass is 9.73. The molecule has 0 saturated carbocycles. The third-order valence-corrected chi connectivity index (χ3v) is 7.25. The van der Waals surface area contributed by atoms with Gasteiger partial charge < -0.3 is 14.2 Å². The molecule has 3 aliphatic rings. The highest BCUT2D eigenvalue weighted by Crippen LogP contribution is 2.49. The van der Waals surface area contributed by atoms with Crippen molar-refractivity contribution in [3.63, 3.8) is 0 Å². The highest BCUT2D eigenvalue weighted by molar-refractivity contribution is 14.1. The zero-order chi connectivity index (χ0) is 22.9. The molecule has 0 amide bonds. The summed E-state index contributed by atoms with van der Waals surface area (Å²) < 4.78 is 18.9. The van der Waals surface area contributed by atoms with Crippen molar-refractivity contribution < 1.29 is 23.8 Å². The van der Waals surface area contributed by atoms with Crippen molar-refractivity contribution in [3.05, 3.63) is 79.8 Å². The molecule has 0 radical (unpaired) electrons. The lowest BCUT2D eigenvalue weighted by Crippen LogP contribution is -2.30. The third kappa shape index (κ3) is 4.21. The molecule has 0 spiro atoms. The van der Waals surface area contributed by atoms with E-state index < -0.39 is 5.92 Å². The first-order valence-electron chi connectivity index (χ1n) is 11.3. The van der Waals surface area contributed by atoms with E-state index in [2.05, 4.69) is 22.6 Å². The second-order valence-electron chi connectivity index (χ2n) is 8.57. The van der Waals surface area contributed by atoms with E-state index in [1.54, 1.807) is 7.11 Å². The van der Waals surface area contributed by atoms with Crippen LogP contribution in [0.25, 0.3) is 0 Å². The lowest BCUT2D eigenvalue weighted by Gasteiger charge is -2.36. The van der Waals surface area contributed by atoms with Gasteiger partial charge in [-0.3, -0.25) is 9.59 Å². The van der Waals surface area contributed by atoms with Crippen LogP contribution >= 0.6 is 22.6 Å². The van der Waals surface area contributed by atoms with Gasteiger partial charge in [0.25, 0.3) is 0 Å². The van der Waals surface area contributed by atoms with E-state index in [9.17, 15) is 9.59 Å². The van der Waals surface area contributed by atoms with E-state index in [0.29, 0.717) is 42.1 Å². The molecular weight excluding hydrogens is 531 g/mol. The molecule has 1 heterocycles. The fourth-order valence-corrected chi connectivity index (χ4v) is 5.71. The second-order valence-corrected chi connectivity index (χ2v) is 9.73. The highest BCUT2D eigenvalue weighted by Gasteiger charge is 2.42. The lowest BCUT2D eigenvalue weighted by molar-refractivity contribution is -0.117. The van der Waals surface area contributed by atoms with Crippen molar-refractivity contribution in [1.82, 2.24) is 0 Å². The largest absolute Gasteiger partial charge is 0.493 e. The predicted molar refractivity (Wildman–Crippen MR) is 132 cm³/mol. The molecular formula is C27H25IO5. The monoisotopic (exact) mass is 556 g/mol. The Morgan fingerprint density at radius 1 is 0.939 bits per heavy atom. The van der Waals surface area contributed by atoms with Gasteiger partial charge in [-0.2, -0.15) is 0 Å². The standard InChI is InChI=1S/C27H25IO5/c1-31-23-14-17(13-18(28)27(23)32-15-16-7-3-2-4-8-16)24-25-19(29)9-5-11-21(25)33-22-12-6-10-20(30)26(22)24/h2-4,7-8,13-14,24H,5-6,9-12,15H2,1H3. The minimum absolute atomic E-state index is 0.0737. The minimum atomic E-state index is -0.407. The number of benzene rings is 2. The smallest absolute Gasteiger partial charge is 0.174 e. The molecule has 6 heteroatoms. The van der Waals surface area contributed by atoms with Gasteiger partial charge in [-0.1, -0.05) is 30.3 Å². The molecule has 0 aromatic heterocycles. The number of hydrogen-bond acceptors (Lipinski definition) is 5. The molecule has 0 N–H and O–H groups in total. The van der Waals surface area contributed by atoms with E-state index in [4.69, 9.17) is 14.2 Å². The van der Waals surface area contributed by atoms with Crippen molar-refractivity contribution in [1.29, 1.82) is 0 Å². The van der Waals surface area contributed by atoms with E-state index >= 15 is 0 Å². The SMILES string of the molecule is COc1cc(C2C3=C(CCCC3=O)OC3=C2C(=O)CCC3)cc(I)c1OCc1ccccc1. The number of ether oxygens (including phenoxy) is 3. The maximum atomic E-state index is 13.0. The fourth-order valence-electron chi connectivity index (χ4n) is 4.93. The van der Waals surface area contributed by atoms with Crippen molar-refractivity contribution in [3.8, 4) is 11.5 Å². The van der Waals surface area contributed by atoms with Crippen LogP contribution in [0.15, 0.2) is 65.1 Å². The summed E-state index contributed by atoms with van der Waals surface area (Å²) in [5, 5.41) is 0. The van der Waals surface area contributed by atoms with Crippen molar-refractivity contribution in [2.75, 3.05) is 7.11 Å². The summed E-state index contributed by atoms with van der Waals surface area (Å²) in [4.78, 5) is 26.1. The topological polar surface area (TPSA) is 61.8 Å². The van der Waals surface area contributed by atoms with Crippen LogP contribution in [0, 0.1) is 3.57 Å². The number of halogens is 1. The Balaban J connectivity index is 1.57. The first-order valence-corrected chi connectivity index (χ1v) is 12.4. The van der Waals surface area contributed by atoms with E-state index in [-0.39, 0.29) is 11.6 Å². The van der Waals surface area contributed by atoms with Gasteiger partial charge >= 0.3 is 0 Å². The summed E-state index contributed by atoms with van der Waals surface area (Å²) in [6.07, 6.45) is 4.01. The molecule has 5 nitrogen and oxygen atoms in total. The number of rotatable bonds is 5. The van der Waals surface area contributed by atoms with Crippen LogP contribution in [0.5, 0.6) is 11.5 Å². The van der Waals surface area contributed by atoms with Crippen LogP contribution in [0.4, 0.5) is 0 Å². The summed E-state index contributed by atoms with van der Waals surface area (Å²) >= 11 is 2.24. The van der Waals surface area contributed by atoms with E-state index in [0.717, 1.165) is 51.9 Å². The van der Waals surface area contributed by atoms with Crippen LogP contribution in [-0.4, -0.2) is 18.7 Å². The quantitative estimate of drug-likeness (QED) is 0.423. The third-order valence-electron chi connectivity index (χ3n) is 6.45. The Bertz CT molecular complexity index is 1140. The average Bonchev–Trinajstić information content (AvgIpc) is 2.82. The summed E-state index contributed by atoms with van der Waals surface area (Å²) in [6.45, 7) is 0.422. The predicted octanol–water partition coefficient (Wildman–Crippen LogP) is 6.01. The number of allylic oxidation sites excluding steroid dienone is 4. The Morgan fingerprint density at radius 2 is 1.58 bits per heavy atom. The Labute approximate surface area is 206 Å². The van der Waals surface area contributed by atoms with E-state index in [1.807, 2.05) is 42.5 Å².